The minimum atomic E-state index is 0.0214. The van der Waals surface area contributed by atoms with Crippen molar-refractivity contribution in [3.05, 3.63) is 83.3 Å². The molecule has 0 aliphatic heterocycles. The Morgan fingerprint density at radius 1 is 0.667 bits per heavy atom. The number of nitrogens with two attached hydrogens (primary N) is 2. The number of amidine groups is 2. The first-order valence-electron chi connectivity index (χ1n) is 8.23. The third-order valence-electron chi connectivity index (χ3n) is 3.81. The molecule has 2 aromatic carbocycles. The summed E-state index contributed by atoms with van der Waals surface area (Å²) < 4.78 is 17.0. The highest BCUT2D eigenvalue weighted by Crippen LogP contribution is 2.18. The SMILES string of the molecule is N=C(N)c1ccc(OCc2ccc(COc3ccc(C(=N)N)cc3)o2)cc1. The zero-order chi connectivity index (χ0) is 19.2. The van der Waals surface area contributed by atoms with Crippen LogP contribution in [0.3, 0.4) is 0 Å². The van der Waals surface area contributed by atoms with Crippen LogP contribution in [0.1, 0.15) is 22.6 Å². The van der Waals surface area contributed by atoms with Crippen molar-refractivity contribution < 1.29 is 13.9 Å². The molecule has 6 N–H and O–H groups in total. The Morgan fingerprint density at radius 2 is 1.04 bits per heavy atom. The van der Waals surface area contributed by atoms with E-state index < -0.39 is 0 Å². The standard InChI is InChI=1S/C20H20N4O3/c21-19(22)13-1-5-15(6-2-13)25-11-17-9-10-18(27-17)12-26-16-7-3-14(4-8-16)20(23)24/h1-10H,11-12H2,(H3,21,22)(H3,23,24). The number of furan rings is 1. The molecule has 3 rings (SSSR count). The van der Waals surface area contributed by atoms with Crippen LogP contribution in [0.4, 0.5) is 0 Å². The van der Waals surface area contributed by atoms with Gasteiger partial charge >= 0.3 is 0 Å². The van der Waals surface area contributed by atoms with Gasteiger partial charge in [-0.25, -0.2) is 0 Å². The van der Waals surface area contributed by atoms with Crippen molar-refractivity contribution in [2.45, 2.75) is 13.2 Å². The van der Waals surface area contributed by atoms with Gasteiger partial charge in [0, 0.05) is 11.1 Å². The highest BCUT2D eigenvalue weighted by molar-refractivity contribution is 5.95. The van der Waals surface area contributed by atoms with E-state index in [1.165, 1.54) is 0 Å². The Kier molecular flexibility index (Phi) is 5.41. The molecule has 27 heavy (non-hydrogen) atoms. The van der Waals surface area contributed by atoms with Crippen molar-refractivity contribution in [2.75, 3.05) is 0 Å². The summed E-state index contributed by atoms with van der Waals surface area (Å²) in [4.78, 5) is 0. The first-order valence-corrected chi connectivity index (χ1v) is 8.23. The molecule has 1 heterocycles. The fourth-order valence-corrected chi connectivity index (χ4v) is 2.35. The molecule has 0 unspecified atom stereocenters. The van der Waals surface area contributed by atoms with E-state index in [2.05, 4.69) is 0 Å². The summed E-state index contributed by atoms with van der Waals surface area (Å²) in [6, 6.07) is 17.6. The Balaban J connectivity index is 1.50. The Bertz CT molecular complexity index is 855. The summed E-state index contributed by atoms with van der Waals surface area (Å²) in [5, 5.41) is 14.7. The lowest BCUT2D eigenvalue weighted by atomic mass is 10.2. The van der Waals surface area contributed by atoms with E-state index in [-0.39, 0.29) is 24.9 Å². The number of ether oxygens (including phenoxy) is 2. The molecule has 0 bridgehead atoms. The van der Waals surface area contributed by atoms with E-state index in [4.69, 9.17) is 36.2 Å². The molecule has 7 heteroatoms. The van der Waals surface area contributed by atoms with E-state index in [9.17, 15) is 0 Å². The number of rotatable bonds is 8. The van der Waals surface area contributed by atoms with Crippen LogP contribution in [0, 0.1) is 10.8 Å². The van der Waals surface area contributed by atoms with Crippen molar-refractivity contribution in [3.63, 3.8) is 0 Å². The van der Waals surface area contributed by atoms with Crippen LogP contribution in [0.2, 0.25) is 0 Å². The normalized spacial score (nSPS) is 10.4. The van der Waals surface area contributed by atoms with Crippen LogP contribution in [-0.4, -0.2) is 11.7 Å². The second kappa shape index (κ2) is 8.09. The molecule has 0 fully saturated rings. The quantitative estimate of drug-likeness (QED) is 0.360. The van der Waals surface area contributed by atoms with Gasteiger partial charge in [-0.05, 0) is 60.7 Å². The number of benzene rings is 2. The first kappa shape index (κ1) is 18.1. The minimum Gasteiger partial charge on any atom is -0.486 e. The van der Waals surface area contributed by atoms with E-state index >= 15 is 0 Å². The molecule has 0 aliphatic rings. The van der Waals surface area contributed by atoms with Crippen LogP contribution in [-0.2, 0) is 13.2 Å². The average molecular weight is 364 g/mol. The van der Waals surface area contributed by atoms with Crippen molar-refractivity contribution in [3.8, 4) is 11.5 Å². The molecule has 0 atom stereocenters. The molecular weight excluding hydrogens is 344 g/mol. The lowest BCUT2D eigenvalue weighted by Gasteiger charge is -2.06. The number of hydrogen-bond donors (Lipinski definition) is 4. The van der Waals surface area contributed by atoms with E-state index in [1.54, 1.807) is 48.5 Å². The van der Waals surface area contributed by atoms with Crippen LogP contribution < -0.4 is 20.9 Å². The maximum absolute atomic E-state index is 7.37. The van der Waals surface area contributed by atoms with Crippen LogP contribution in [0.5, 0.6) is 11.5 Å². The van der Waals surface area contributed by atoms with Gasteiger partial charge in [-0.1, -0.05) is 0 Å². The molecule has 0 saturated heterocycles. The zero-order valence-electron chi connectivity index (χ0n) is 14.6. The highest BCUT2D eigenvalue weighted by atomic mass is 16.5. The van der Waals surface area contributed by atoms with Gasteiger partial charge in [0.05, 0.1) is 0 Å². The highest BCUT2D eigenvalue weighted by Gasteiger charge is 2.05. The molecule has 0 saturated carbocycles. The molecule has 0 spiro atoms. The van der Waals surface area contributed by atoms with Crippen molar-refractivity contribution in [1.29, 1.82) is 10.8 Å². The topological polar surface area (TPSA) is 131 Å². The zero-order valence-corrected chi connectivity index (χ0v) is 14.6. The second-order valence-corrected chi connectivity index (χ2v) is 5.82. The lowest BCUT2D eigenvalue weighted by Crippen LogP contribution is -2.10. The predicted octanol–water partition coefficient (Wildman–Crippen LogP) is 3.01. The fourth-order valence-electron chi connectivity index (χ4n) is 2.35. The van der Waals surface area contributed by atoms with Gasteiger partial charge in [0.25, 0.3) is 0 Å². The van der Waals surface area contributed by atoms with Gasteiger partial charge in [0.1, 0.15) is 47.9 Å². The molecule has 0 aliphatic carbocycles. The molecular formula is C20H20N4O3. The number of nitrogens with one attached hydrogen (secondary N) is 2. The molecule has 3 aromatic rings. The fraction of sp³-hybridized carbons (Fsp3) is 0.100. The van der Waals surface area contributed by atoms with E-state index in [0.717, 1.165) is 0 Å². The van der Waals surface area contributed by atoms with Crippen molar-refractivity contribution in [1.82, 2.24) is 0 Å². The number of hydrogen-bond acceptors (Lipinski definition) is 5. The lowest BCUT2D eigenvalue weighted by molar-refractivity contribution is 0.238. The van der Waals surface area contributed by atoms with Gasteiger partial charge in [-0.3, -0.25) is 10.8 Å². The van der Waals surface area contributed by atoms with Gasteiger partial charge in [-0.15, -0.1) is 0 Å². The number of nitrogen functional groups attached to an aromatic ring is 2. The molecule has 7 nitrogen and oxygen atoms in total. The van der Waals surface area contributed by atoms with Gasteiger partial charge in [0.15, 0.2) is 0 Å². The Labute approximate surface area is 156 Å². The Morgan fingerprint density at radius 3 is 1.37 bits per heavy atom. The van der Waals surface area contributed by atoms with Gasteiger partial charge in [-0.2, -0.15) is 0 Å². The molecule has 138 valence electrons. The monoisotopic (exact) mass is 364 g/mol. The predicted molar refractivity (Wildman–Crippen MR) is 102 cm³/mol. The van der Waals surface area contributed by atoms with Crippen LogP contribution >= 0.6 is 0 Å². The summed E-state index contributed by atoms with van der Waals surface area (Å²) in [7, 11) is 0. The summed E-state index contributed by atoms with van der Waals surface area (Å²) in [5.74, 6) is 2.73. The van der Waals surface area contributed by atoms with Crippen molar-refractivity contribution >= 4 is 11.7 Å². The van der Waals surface area contributed by atoms with Crippen LogP contribution in [0.25, 0.3) is 0 Å². The molecule has 1 aromatic heterocycles. The van der Waals surface area contributed by atoms with Gasteiger partial charge < -0.3 is 25.4 Å². The maximum atomic E-state index is 7.37. The maximum Gasteiger partial charge on any atom is 0.146 e. The summed E-state index contributed by atoms with van der Waals surface area (Å²) >= 11 is 0. The summed E-state index contributed by atoms with van der Waals surface area (Å²) in [5.41, 5.74) is 12.1. The average Bonchev–Trinajstić information content (AvgIpc) is 3.13. The second-order valence-electron chi connectivity index (χ2n) is 5.82. The molecule has 0 amide bonds. The third kappa shape index (κ3) is 4.88. The largest absolute Gasteiger partial charge is 0.486 e. The van der Waals surface area contributed by atoms with Gasteiger partial charge in [0.2, 0.25) is 0 Å². The van der Waals surface area contributed by atoms with E-state index in [1.807, 2.05) is 12.1 Å². The Hall–Kier alpha value is -3.74. The first-order chi connectivity index (χ1) is 13.0. The molecule has 0 radical (unpaired) electrons. The summed E-state index contributed by atoms with van der Waals surface area (Å²) in [6.45, 7) is 0.569. The summed E-state index contributed by atoms with van der Waals surface area (Å²) in [6.07, 6.45) is 0. The third-order valence-corrected chi connectivity index (χ3v) is 3.81. The van der Waals surface area contributed by atoms with Crippen molar-refractivity contribution in [2.24, 2.45) is 11.5 Å². The smallest absolute Gasteiger partial charge is 0.146 e. The van der Waals surface area contributed by atoms with Crippen LogP contribution in [0.15, 0.2) is 65.1 Å². The van der Waals surface area contributed by atoms with E-state index in [0.29, 0.717) is 34.1 Å². The minimum absolute atomic E-state index is 0.0214.